The first-order chi connectivity index (χ1) is 12.9. The zero-order valence-corrected chi connectivity index (χ0v) is 17.1. The van der Waals surface area contributed by atoms with E-state index < -0.39 is 0 Å². The number of hydrogen-bond acceptors (Lipinski definition) is 2. The predicted molar refractivity (Wildman–Crippen MR) is 112 cm³/mol. The molecule has 3 nitrogen and oxygen atoms in total. The fourth-order valence-corrected chi connectivity index (χ4v) is 3.85. The molecule has 2 atom stereocenters. The normalized spacial score (nSPS) is 18.9. The summed E-state index contributed by atoms with van der Waals surface area (Å²) in [6, 6.07) is 14.4. The van der Waals surface area contributed by atoms with Crippen molar-refractivity contribution in [3.8, 4) is 0 Å². The SMILES string of the molecule is Cc1ccc([C@H](C)NC(=O)c2ccc(CN3CCC[C@@H](C)C3)cc2)cc1C. The molecule has 0 spiro atoms. The van der Waals surface area contributed by atoms with Gasteiger partial charge in [-0.05, 0) is 80.5 Å². The highest BCUT2D eigenvalue weighted by atomic mass is 16.1. The van der Waals surface area contributed by atoms with Gasteiger partial charge in [0, 0.05) is 18.7 Å². The van der Waals surface area contributed by atoms with E-state index in [9.17, 15) is 4.79 Å². The summed E-state index contributed by atoms with van der Waals surface area (Å²) >= 11 is 0. The molecule has 3 rings (SSSR count). The Morgan fingerprint density at radius 1 is 1.15 bits per heavy atom. The number of carbonyl (C=O) groups is 1. The molecule has 1 saturated heterocycles. The molecule has 1 heterocycles. The van der Waals surface area contributed by atoms with Crippen molar-refractivity contribution in [1.29, 1.82) is 0 Å². The van der Waals surface area contributed by atoms with Gasteiger partial charge < -0.3 is 5.32 Å². The predicted octanol–water partition coefficient (Wildman–Crippen LogP) is 5.03. The van der Waals surface area contributed by atoms with E-state index in [1.165, 1.54) is 42.6 Å². The van der Waals surface area contributed by atoms with Gasteiger partial charge in [-0.3, -0.25) is 9.69 Å². The van der Waals surface area contributed by atoms with Gasteiger partial charge in [0.05, 0.1) is 6.04 Å². The van der Waals surface area contributed by atoms with E-state index in [1.54, 1.807) is 0 Å². The van der Waals surface area contributed by atoms with E-state index in [-0.39, 0.29) is 11.9 Å². The Morgan fingerprint density at radius 2 is 1.89 bits per heavy atom. The van der Waals surface area contributed by atoms with Crippen molar-refractivity contribution in [3.05, 3.63) is 70.3 Å². The van der Waals surface area contributed by atoms with Crippen LogP contribution in [0, 0.1) is 19.8 Å². The van der Waals surface area contributed by atoms with Crippen LogP contribution in [0.25, 0.3) is 0 Å². The third-order valence-electron chi connectivity index (χ3n) is 5.74. The van der Waals surface area contributed by atoms with Gasteiger partial charge in [-0.2, -0.15) is 0 Å². The minimum Gasteiger partial charge on any atom is -0.346 e. The minimum atomic E-state index is -0.0149. The van der Waals surface area contributed by atoms with Crippen molar-refractivity contribution in [2.45, 2.75) is 53.1 Å². The summed E-state index contributed by atoms with van der Waals surface area (Å²) in [6.07, 6.45) is 2.63. The number of likely N-dealkylation sites (tertiary alicyclic amines) is 1. The first-order valence-electron chi connectivity index (χ1n) is 10.1. The average molecular weight is 365 g/mol. The lowest BCUT2D eigenvalue weighted by Gasteiger charge is -2.30. The lowest BCUT2D eigenvalue weighted by molar-refractivity contribution is 0.0940. The molecule has 0 aliphatic carbocycles. The van der Waals surface area contributed by atoms with Crippen LogP contribution in [-0.4, -0.2) is 23.9 Å². The zero-order chi connectivity index (χ0) is 19.4. The summed E-state index contributed by atoms with van der Waals surface area (Å²) in [5.41, 5.74) is 5.67. The van der Waals surface area contributed by atoms with Crippen molar-refractivity contribution in [2.24, 2.45) is 5.92 Å². The zero-order valence-electron chi connectivity index (χ0n) is 17.1. The topological polar surface area (TPSA) is 32.3 Å². The van der Waals surface area contributed by atoms with Crippen molar-refractivity contribution < 1.29 is 4.79 Å². The number of benzene rings is 2. The van der Waals surface area contributed by atoms with Gasteiger partial charge in [0.25, 0.3) is 5.91 Å². The number of rotatable bonds is 5. The van der Waals surface area contributed by atoms with E-state index in [2.05, 4.69) is 61.3 Å². The molecular weight excluding hydrogens is 332 g/mol. The van der Waals surface area contributed by atoms with Crippen LogP contribution in [0.2, 0.25) is 0 Å². The maximum absolute atomic E-state index is 12.6. The van der Waals surface area contributed by atoms with Crippen molar-refractivity contribution >= 4 is 5.91 Å². The molecular formula is C24H32N2O. The molecule has 0 bridgehead atoms. The lowest BCUT2D eigenvalue weighted by atomic mass is 9.99. The summed E-state index contributed by atoms with van der Waals surface area (Å²) < 4.78 is 0. The number of carbonyl (C=O) groups excluding carboxylic acids is 1. The fraction of sp³-hybridized carbons (Fsp3) is 0.458. The van der Waals surface area contributed by atoms with E-state index >= 15 is 0 Å². The molecule has 1 aliphatic rings. The second kappa shape index (κ2) is 8.71. The van der Waals surface area contributed by atoms with Gasteiger partial charge >= 0.3 is 0 Å². The van der Waals surface area contributed by atoms with Crippen molar-refractivity contribution in [1.82, 2.24) is 10.2 Å². The molecule has 144 valence electrons. The van der Waals surface area contributed by atoms with Crippen LogP contribution in [0.3, 0.4) is 0 Å². The summed E-state index contributed by atoms with van der Waals surface area (Å²) in [6.45, 7) is 11.9. The third-order valence-corrected chi connectivity index (χ3v) is 5.74. The van der Waals surface area contributed by atoms with E-state index in [1.807, 2.05) is 19.1 Å². The number of aryl methyl sites for hydroxylation is 2. The molecule has 0 saturated carbocycles. The largest absolute Gasteiger partial charge is 0.346 e. The fourth-order valence-electron chi connectivity index (χ4n) is 3.85. The number of piperidine rings is 1. The van der Waals surface area contributed by atoms with Gasteiger partial charge in [-0.25, -0.2) is 0 Å². The quantitative estimate of drug-likeness (QED) is 0.807. The molecule has 0 unspecified atom stereocenters. The van der Waals surface area contributed by atoms with Gasteiger partial charge in [0.2, 0.25) is 0 Å². The second-order valence-corrected chi connectivity index (χ2v) is 8.22. The van der Waals surface area contributed by atoms with E-state index in [4.69, 9.17) is 0 Å². The molecule has 2 aromatic carbocycles. The molecule has 2 aromatic rings. The van der Waals surface area contributed by atoms with Crippen LogP contribution in [0.1, 0.15) is 65.3 Å². The highest BCUT2D eigenvalue weighted by Gasteiger charge is 2.17. The first kappa shape index (κ1) is 19.6. The molecule has 3 heteroatoms. The van der Waals surface area contributed by atoms with Crippen LogP contribution in [0.15, 0.2) is 42.5 Å². The Balaban J connectivity index is 1.59. The monoisotopic (exact) mass is 364 g/mol. The minimum absolute atomic E-state index is 0.00804. The summed E-state index contributed by atoms with van der Waals surface area (Å²) in [5.74, 6) is 0.773. The summed E-state index contributed by atoms with van der Waals surface area (Å²) in [5, 5.41) is 3.12. The average Bonchev–Trinajstić information content (AvgIpc) is 2.64. The number of nitrogens with one attached hydrogen (secondary N) is 1. The van der Waals surface area contributed by atoms with Crippen molar-refractivity contribution in [2.75, 3.05) is 13.1 Å². The first-order valence-corrected chi connectivity index (χ1v) is 10.1. The number of amides is 1. The van der Waals surface area contributed by atoms with Gasteiger partial charge in [0.1, 0.15) is 0 Å². The molecule has 0 radical (unpaired) electrons. The maximum Gasteiger partial charge on any atom is 0.251 e. The molecule has 0 aromatic heterocycles. The van der Waals surface area contributed by atoms with E-state index in [0.717, 1.165) is 23.6 Å². The van der Waals surface area contributed by atoms with Crippen LogP contribution in [-0.2, 0) is 6.54 Å². The van der Waals surface area contributed by atoms with Crippen LogP contribution in [0.4, 0.5) is 0 Å². The Labute approximate surface area is 163 Å². The Bertz CT molecular complexity index is 781. The standard InChI is InChI=1S/C24H32N2O/c1-17-6-5-13-26(15-17)16-21-8-11-22(12-9-21)24(27)25-20(4)23-10-7-18(2)19(3)14-23/h7-12,14,17,20H,5-6,13,15-16H2,1-4H3,(H,25,27)/t17-,20+/m1/s1. The third kappa shape index (κ3) is 5.20. The molecule has 1 N–H and O–H groups in total. The Hall–Kier alpha value is -2.13. The lowest BCUT2D eigenvalue weighted by Crippen LogP contribution is -2.33. The van der Waals surface area contributed by atoms with Gasteiger partial charge in [-0.1, -0.05) is 37.3 Å². The number of nitrogens with zero attached hydrogens (tertiary/aromatic N) is 1. The molecule has 1 amide bonds. The van der Waals surface area contributed by atoms with E-state index in [0.29, 0.717) is 0 Å². The van der Waals surface area contributed by atoms with Crippen LogP contribution in [0.5, 0.6) is 0 Å². The molecule has 1 aliphatic heterocycles. The van der Waals surface area contributed by atoms with Crippen LogP contribution < -0.4 is 5.32 Å². The second-order valence-electron chi connectivity index (χ2n) is 8.22. The highest BCUT2D eigenvalue weighted by Crippen LogP contribution is 2.19. The van der Waals surface area contributed by atoms with Crippen LogP contribution >= 0.6 is 0 Å². The maximum atomic E-state index is 12.6. The smallest absolute Gasteiger partial charge is 0.251 e. The Morgan fingerprint density at radius 3 is 2.56 bits per heavy atom. The molecule has 27 heavy (non-hydrogen) atoms. The Kier molecular flexibility index (Phi) is 6.33. The van der Waals surface area contributed by atoms with Gasteiger partial charge in [-0.15, -0.1) is 0 Å². The highest BCUT2D eigenvalue weighted by molar-refractivity contribution is 5.94. The van der Waals surface area contributed by atoms with Crippen molar-refractivity contribution in [3.63, 3.8) is 0 Å². The number of hydrogen-bond donors (Lipinski definition) is 1. The summed E-state index contributed by atoms with van der Waals surface area (Å²) in [4.78, 5) is 15.1. The molecule has 1 fully saturated rings. The summed E-state index contributed by atoms with van der Waals surface area (Å²) in [7, 11) is 0. The van der Waals surface area contributed by atoms with Gasteiger partial charge in [0.15, 0.2) is 0 Å².